The van der Waals surface area contributed by atoms with Crippen LogP contribution in [-0.4, -0.2) is 16.4 Å². The van der Waals surface area contributed by atoms with E-state index in [1.165, 1.54) is 0 Å². The number of benzene rings is 1. The number of anilines is 1. The van der Waals surface area contributed by atoms with Gasteiger partial charge in [-0.3, -0.25) is 4.68 Å². The molecule has 1 aromatic carbocycles. The summed E-state index contributed by atoms with van der Waals surface area (Å²) in [5.74, 6) is 0.833. The molecule has 1 N–H and O–H groups in total. The van der Waals surface area contributed by atoms with Crippen LogP contribution in [-0.2, 0) is 13.1 Å². The minimum atomic E-state index is 0.695. The van der Waals surface area contributed by atoms with Gasteiger partial charge in [0.15, 0.2) is 0 Å². The Labute approximate surface area is 124 Å². The lowest BCUT2D eigenvalue weighted by molar-refractivity contribution is 0.319. The molecule has 1 aromatic heterocycles. The van der Waals surface area contributed by atoms with Crippen molar-refractivity contribution in [1.82, 2.24) is 9.78 Å². The maximum atomic E-state index is 6.05. The van der Waals surface area contributed by atoms with E-state index in [9.17, 15) is 0 Å². The Bertz CT molecular complexity index is 554. The molecule has 0 radical (unpaired) electrons. The quantitative estimate of drug-likeness (QED) is 0.840. The second kappa shape index (κ2) is 7.20. The van der Waals surface area contributed by atoms with Gasteiger partial charge in [-0.05, 0) is 31.5 Å². The topological polar surface area (TPSA) is 39.1 Å². The lowest BCUT2D eigenvalue weighted by Crippen LogP contribution is -2.03. The van der Waals surface area contributed by atoms with E-state index >= 15 is 0 Å². The van der Waals surface area contributed by atoms with Gasteiger partial charge < -0.3 is 10.1 Å². The molecule has 4 nitrogen and oxygen atoms in total. The largest absolute Gasteiger partial charge is 0.491 e. The van der Waals surface area contributed by atoms with Crippen LogP contribution in [0, 0.1) is 0 Å². The molecule has 2 aromatic rings. The first-order chi connectivity index (χ1) is 9.72. The summed E-state index contributed by atoms with van der Waals surface area (Å²) >= 11 is 6.05. The van der Waals surface area contributed by atoms with Gasteiger partial charge in [-0.15, -0.1) is 0 Å². The molecule has 0 fully saturated rings. The van der Waals surface area contributed by atoms with Crippen molar-refractivity contribution in [3.8, 4) is 5.75 Å². The minimum absolute atomic E-state index is 0.695. The zero-order valence-electron chi connectivity index (χ0n) is 11.9. The molecule has 108 valence electrons. The molecule has 0 bridgehead atoms. The van der Waals surface area contributed by atoms with Crippen molar-refractivity contribution in [2.24, 2.45) is 0 Å². The molecule has 2 rings (SSSR count). The number of aromatic nitrogens is 2. The SMILES string of the molecule is CCCOc1ccc(Cl)cc1NCc1cnn(CC)c1. The number of rotatable bonds is 7. The van der Waals surface area contributed by atoms with E-state index in [0.29, 0.717) is 18.2 Å². The van der Waals surface area contributed by atoms with Crippen LogP contribution in [0.1, 0.15) is 25.8 Å². The van der Waals surface area contributed by atoms with E-state index in [4.69, 9.17) is 16.3 Å². The highest BCUT2D eigenvalue weighted by Gasteiger charge is 2.05. The van der Waals surface area contributed by atoms with E-state index in [1.54, 1.807) is 0 Å². The lowest BCUT2D eigenvalue weighted by Gasteiger charge is -2.12. The maximum Gasteiger partial charge on any atom is 0.142 e. The molecule has 0 unspecified atom stereocenters. The molecule has 0 saturated carbocycles. The summed E-state index contributed by atoms with van der Waals surface area (Å²) in [6, 6.07) is 5.62. The maximum absolute atomic E-state index is 6.05. The third-order valence-corrected chi connectivity index (χ3v) is 3.13. The highest BCUT2D eigenvalue weighted by atomic mass is 35.5. The standard InChI is InChI=1S/C15H20ClN3O/c1-3-7-20-15-6-5-13(16)8-14(15)17-9-12-10-18-19(4-2)11-12/h5-6,8,10-11,17H,3-4,7,9H2,1-2H3. The number of halogens is 1. The van der Waals surface area contributed by atoms with Crippen molar-refractivity contribution < 1.29 is 4.74 Å². The van der Waals surface area contributed by atoms with Crippen molar-refractivity contribution in [3.63, 3.8) is 0 Å². The van der Waals surface area contributed by atoms with Gasteiger partial charge in [0.05, 0.1) is 18.5 Å². The van der Waals surface area contributed by atoms with Gasteiger partial charge >= 0.3 is 0 Å². The highest BCUT2D eigenvalue weighted by Crippen LogP contribution is 2.28. The second-order valence-electron chi connectivity index (χ2n) is 4.55. The normalized spacial score (nSPS) is 10.6. The van der Waals surface area contributed by atoms with E-state index in [1.807, 2.05) is 35.3 Å². The molecular weight excluding hydrogens is 274 g/mol. The van der Waals surface area contributed by atoms with Crippen LogP contribution >= 0.6 is 11.6 Å². The molecule has 0 aliphatic rings. The number of aryl methyl sites for hydroxylation is 1. The molecule has 0 saturated heterocycles. The molecule has 0 atom stereocenters. The zero-order chi connectivity index (χ0) is 14.4. The summed E-state index contributed by atoms with van der Waals surface area (Å²) in [5.41, 5.74) is 2.04. The predicted octanol–water partition coefficient (Wildman–Crippen LogP) is 3.96. The summed E-state index contributed by atoms with van der Waals surface area (Å²) in [6.45, 7) is 6.43. The summed E-state index contributed by atoms with van der Waals surface area (Å²) < 4.78 is 7.62. The fourth-order valence-corrected chi connectivity index (χ4v) is 2.02. The molecule has 0 aliphatic carbocycles. The number of nitrogens with zero attached hydrogens (tertiary/aromatic N) is 2. The van der Waals surface area contributed by atoms with E-state index in [2.05, 4.69) is 24.3 Å². The van der Waals surface area contributed by atoms with E-state index in [0.717, 1.165) is 30.0 Å². The zero-order valence-corrected chi connectivity index (χ0v) is 12.7. The molecule has 5 heteroatoms. The van der Waals surface area contributed by atoms with Gasteiger partial charge in [0.2, 0.25) is 0 Å². The lowest BCUT2D eigenvalue weighted by atomic mass is 10.2. The van der Waals surface area contributed by atoms with Crippen LogP contribution in [0.3, 0.4) is 0 Å². The highest BCUT2D eigenvalue weighted by molar-refractivity contribution is 6.30. The Morgan fingerprint density at radius 3 is 2.90 bits per heavy atom. The molecule has 20 heavy (non-hydrogen) atoms. The Morgan fingerprint density at radius 2 is 2.20 bits per heavy atom. The fourth-order valence-electron chi connectivity index (χ4n) is 1.85. The van der Waals surface area contributed by atoms with Gasteiger partial charge in [-0.1, -0.05) is 18.5 Å². The Morgan fingerprint density at radius 1 is 1.35 bits per heavy atom. The molecular formula is C15H20ClN3O. The molecule has 0 spiro atoms. The fraction of sp³-hybridized carbons (Fsp3) is 0.400. The van der Waals surface area contributed by atoms with Gasteiger partial charge in [-0.25, -0.2) is 0 Å². The van der Waals surface area contributed by atoms with Crippen molar-refractivity contribution >= 4 is 17.3 Å². The molecule has 0 amide bonds. The van der Waals surface area contributed by atoms with Crippen molar-refractivity contribution in [3.05, 3.63) is 41.2 Å². The molecule has 1 heterocycles. The summed E-state index contributed by atoms with van der Waals surface area (Å²) in [6.07, 6.45) is 4.88. The van der Waals surface area contributed by atoms with E-state index in [-0.39, 0.29) is 0 Å². The van der Waals surface area contributed by atoms with Gasteiger partial charge in [0.25, 0.3) is 0 Å². The first-order valence-corrected chi connectivity index (χ1v) is 7.28. The third kappa shape index (κ3) is 3.90. The second-order valence-corrected chi connectivity index (χ2v) is 4.98. The van der Waals surface area contributed by atoms with Gasteiger partial charge in [-0.2, -0.15) is 5.10 Å². The summed E-state index contributed by atoms with van der Waals surface area (Å²) in [4.78, 5) is 0. The van der Waals surface area contributed by atoms with Crippen LogP contribution in [0.4, 0.5) is 5.69 Å². The van der Waals surface area contributed by atoms with Crippen molar-refractivity contribution in [2.45, 2.75) is 33.4 Å². The number of hydrogen-bond donors (Lipinski definition) is 1. The first-order valence-electron chi connectivity index (χ1n) is 6.90. The smallest absolute Gasteiger partial charge is 0.142 e. The predicted molar refractivity (Wildman–Crippen MR) is 82.5 cm³/mol. The Hall–Kier alpha value is -1.68. The number of nitrogens with one attached hydrogen (secondary N) is 1. The van der Waals surface area contributed by atoms with Crippen molar-refractivity contribution in [2.75, 3.05) is 11.9 Å². The van der Waals surface area contributed by atoms with Crippen LogP contribution in [0.2, 0.25) is 5.02 Å². The Balaban J connectivity index is 2.05. The average Bonchev–Trinajstić information content (AvgIpc) is 2.92. The van der Waals surface area contributed by atoms with Gasteiger partial charge in [0, 0.05) is 29.9 Å². The molecule has 0 aliphatic heterocycles. The first kappa shape index (κ1) is 14.7. The van der Waals surface area contributed by atoms with Crippen LogP contribution in [0.25, 0.3) is 0 Å². The average molecular weight is 294 g/mol. The number of ether oxygens (including phenoxy) is 1. The number of hydrogen-bond acceptors (Lipinski definition) is 3. The van der Waals surface area contributed by atoms with E-state index < -0.39 is 0 Å². The van der Waals surface area contributed by atoms with Crippen LogP contribution in [0.15, 0.2) is 30.6 Å². The minimum Gasteiger partial charge on any atom is -0.491 e. The van der Waals surface area contributed by atoms with Crippen LogP contribution in [0.5, 0.6) is 5.75 Å². The monoisotopic (exact) mass is 293 g/mol. The summed E-state index contributed by atoms with van der Waals surface area (Å²) in [7, 11) is 0. The van der Waals surface area contributed by atoms with Crippen molar-refractivity contribution in [1.29, 1.82) is 0 Å². The van der Waals surface area contributed by atoms with Crippen LogP contribution < -0.4 is 10.1 Å². The summed E-state index contributed by atoms with van der Waals surface area (Å²) in [5, 5.41) is 8.30. The third-order valence-electron chi connectivity index (χ3n) is 2.90. The Kier molecular flexibility index (Phi) is 5.30. The van der Waals surface area contributed by atoms with Gasteiger partial charge in [0.1, 0.15) is 5.75 Å².